The zero-order chi connectivity index (χ0) is 17.6. The molecule has 0 aliphatic rings. The second-order valence-corrected chi connectivity index (χ2v) is 5.35. The molecule has 4 nitrogen and oxygen atoms in total. The topological polar surface area (TPSA) is 64.9 Å². The molecule has 0 fully saturated rings. The molecular formula is C20H14FN3O. The fraction of sp³-hybridized carbons (Fsp3) is 0. The van der Waals surface area contributed by atoms with Crippen molar-refractivity contribution in [1.29, 1.82) is 5.26 Å². The molecule has 3 rings (SSSR count). The normalized spacial score (nSPS) is 9.92. The number of halogens is 1. The van der Waals surface area contributed by atoms with Crippen molar-refractivity contribution in [3.8, 4) is 6.07 Å². The first-order valence-corrected chi connectivity index (χ1v) is 7.58. The third-order valence-electron chi connectivity index (χ3n) is 3.55. The number of carbonyl (C=O) groups is 1. The Hall–Kier alpha value is -3.65. The minimum Gasteiger partial charge on any atom is -0.356 e. The van der Waals surface area contributed by atoms with E-state index in [9.17, 15) is 9.18 Å². The van der Waals surface area contributed by atoms with Gasteiger partial charge >= 0.3 is 0 Å². The van der Waals surface area contributed by atoms with Crippen molar-refractivity contribution in [2.24, 2.45) is 0 Å². The molecule has 0 saturated carbocycles. The Morgan fingerprint density at radius 1 is 0.800 bits per heavy atom. The lowest BCUT2D eigenvalue weighted by Gasteiger charge is -2.09. The summed E-state index contributed by atoms with van der Waals surface area (Å²) in [7, 11) is 0. The summed E-state index contributed by atoms with van der Waals surface area (Å²) in [6, 6.07) is 21.8. The smallest absolute Gasteiger partial charge is 0.255 e. The largest absolute Gasteiger partial charge is 0.356 e. The predicted molar refractivity (Wildman–Crippen MR) is 95.2 cm³/mol. The molecule has 0 unspecified atom stereocenters. The predicted octanol–water partition coefficient (Wildman–Crippen LogP) is 4.69. The molecule has 3 aromatic carbocycles. The van der Waals surface area contributed by atoms with Crippen molar-refractivity contribution < 1.29 is 9.18 Å². The maximum Gasteiger partial charge on any atom is 0.255 e. The van der Waals surface area contributed by atoms with Crippen molar-refractivity contribution in [2.45, 2.75) is 0 Å². The van der Waals surface area contributed by atoms with E-state index in [0.717, 1.165) is 11.4 Å². The number of nitrogens with zero attached hydrogens (tertiary/aromatic N) is 1. The van der Waals surface area contributed by atoms with Crippen LogP contribution in [0.5, 0.6) is 0 Å². The van der Waals surface area contributed by atoms with Crippen LogP contribution in [0.15, 0.2) is 72.8 Å². The maximum absolute atomic E-state index is 12.9. The van der Waals surface area contributed by atoms with Crippen molar-refractivity contribution in [1.82, 2.24) is 0 Å². The zero-order valence-corrected chi connectivity index (χ0v) is 13.2. The molecule has 0 atom stereocenters. The van der Waals surface area contributed by atoms with Crippen molar-refractivity contribution in [2.75, 3.05) is 10.6 Å². The Bertz CT molecular complexity index is 911. The molecule has 0 bridgehead atoms. The molecule has 0 aromatic heterocycles. The van der Waals surface area contributed by atoms with Crippen LogP contribution < -0.4 is 10.6 Å². The van der Waals surface area contributed by atoms with E-state index < -0.39 is 0 Å². The molecular weight excluding hydrogens is 317 g/mol. The zero-order valence-electron chi connectivity index (χ0n) is 13.2. The first kappa shape index (κ1) is 16.2. The number of hydrogen-bond donors (Lipinski definition) is 2. The molecule has 2 N–H and O–H groups in total. The molecule has 0 radical (unpaired) electrons. The number of carbonyl (C=O) groups excluding carboxylic acids is 1. The van der Waals surface area contributed by atoms with Gasteiger partial charge in [-0.2, -0.15) is 5.26 Å². The lowest BCUT2D eigenvalue weighted by atomic mass is 10.2. The Morgan fingerprint density at radius 2 is 1.32 bits per heavy atom. The molecule has 3 aromatic rings. The fourth-order valence-corrected chi connectivity index (χ4v) is 2.24. The van der Waals surface area contributed by atoms with Crippen LogP contribution in [-0.4, -0.2) is 5.91 Å². The minimum atomic E-state index is -0.380. The number of hydrogen-bond acceptors (Lipinski definition) is 3. The van der Waals surface area contributed by atoms with Crippen LogP contribution in [0.2, 0.25) is 0 Å². The van der Waals surface area contributed by atoms with Crippen LogP contribution in [-0.2, 0) is 0 Å². The van der Waals surface area contributed by atoms with Crippen LogP contribution in [0.25, 0.3) is 0 Å². The summed E-state index contributed by atoms with van der Waals surface area (Å²) < 4.78 is 12.9. The Morgan fingerprint density at radius 3 is 1.88 bits per heavy atom. The second kappa shape index (κ2) is 7.28. The molecule has 0 spiro atoms. The molecule has 25 heavy (non-hydrogen) atoms. The summed E-state index contributed by atoms with van der Waals surface area (Å²) in [5.41, 5.74) is 3.34. The van der Waals surface area contributed by atoms with E-state index in [1.807, 2.05) is 24.3 Å². The van der Waals surface area contributed by atoms with Gasteiger partial charge in [0.25, 0.3) is 5.91 Å². The van der Waals surface area contributed by atoms with Crippen molar-refractivity contribution in [3.63, 3.8) is 0 Å². The van der Waals surface area contributed by atoms with Gasteiger partial charge in [-0.05, 0) is 72.8 Å². The average Bonchev–Trinajstić information content (AvgIpc) is 2.64. The number of rotatable bonds is 4. The SMILES string of the molecule is N#Cc1ccc(Nc2ccc(NC(=O)c3ccc(F)cc3)cc2)cc1. The van der Waals surface area contributed by atoms with Gasteiger partial charge in [0.2, 0.25) is 0 Å². The van der Waals surface area contributed by atoms with Gasteiger partial charge in [0, 0.05) is 22.6 Å². The highest BCUT2D eigenvalue weighted by atomic mass is 19.1. The third kappa shape index (κ3) is 4.21. The van der Waals surface area contributed by atoms with E-state index >= 15 is 0 Å². The molecule has 0 heterocycles. The van der Waals surface area contributed by atoms with Gasteiger partial charge in [0.1, 0.15) is 5.82 Å². The monoisotopic (exact) mass is 331 g/mol. The highest BCUT2D eigenvalue weighted by molar-refractivity contribution is 6.04. The summed E-state index contributed by atoms with van der Waals surface area (Å²) in [5.74, 6) is -0.678. The van der Waals surface area contributed by atoms with E-state index in [4.69, 9.17) is 5.26 Å². The van der Waals surface area contributed by atoms with Gasteiger partial charge < -0.3 is 10.6 Å². The van der Waals surface area contributed by atoms with Gasteiger partial charge in [-0.25, -0.2) is 4.39 Å². The van der Waals surface area contributed by atoms with E-state index in [-0.39, 0.29) is 11.7 Å². The third-order valence-corrected chi connectivity index (χ3v) is 3.55. The number of nitriles is 1. The Balaban J connectivity index is 1.64. The number of amides is 1. The number of anilines is 3. The van der Waals surface area contributed by atoms with Gasteiger partial charge in [0.05, 0.1) is 11.6 Å². The number of nitrogens with one attached hydrogen (secondary N) is 2. The Labute approximate surface area is 144 Å². The quantitative estimate of drug-likeness (QED) is 0.729. The van der Waals surface area contributed by atoms with Crippen LogP contribution in [0.3, 0.4) is 0 Å². The molecule has 122 valence electrons. The highest BCUT2D eigenvalue weighted by Gasteiger charge is 2.06. The standard InChI is InChI=1S/C20H14FN3O/c21-16-5-3-15(4-6-16)20(25)24-19-11-9-18(10-12-19)23-17-7-1-14(13-22)2-8-17/h1-12,23H,(H,24,25). The maximum atomic E-state index is 12.9. The van der Waals surface area contributed by atoms with Gasteiger partial charge in [-0.1, -0.05) is 0 Å². The summed E-state index contributed by atoms with van der Waals surface area (Å²) in [4.78, 5) is 12.1. The van der Waals surface area contributed by atoms with E-state index in [1.165, 1.54) is 24.3 Å². The van der Waals surface area contributed by atoms with Crippen LogP contribution in [0, 0.1) is 17.1 Å². The minimum absolute atomic E-state index is 0.298. The van der Waals surface area contributed by atoms with Crippen LogP contribution in [0.1, 0.15) is 15.9 Å². The molecule has 0 aliphatic heterocycles. The van der Waals surface area contributed by atoms with Crippen molar-refractivity contribution in [3.05, 3.63) is 89.7 Å². The molecule has 1 amide bonds. The summed E-state index contributed by atoms with van der Waals surface area (Å²) in [6.45, 7) is 0. The Kier molecular flexibility index (Phi) is 4.72. The highest BCUT2D eigenvalue weighted by Crippen LogP contribution is 2.19. The van der Waals surface area contributed by atoms with E-state index in [0.29, 0.717) is 16.8 Å². The first-order valence-electron chi connectivity index (χ1n) is 7.58. The second-order valence-electron chi connectivity index (χ2n) is 5.35. The van der Waals surface area contributed by atoms with Crippen molar-refractivity contribution >= 4 is 23.0 Å². The average molecular weight is 331 g/mol. The van der Waals surface area contributed by atoms with Gasteiger partial charge in [0.15, 0.2) is 0 Å². The summed E-state index contributed by atoms with van der Waals surface area (Å²) >= 11 is 0. The summed E-state index contributed by atoms with van der Waals surface area (Å²) in [6.07, 6.45) is 0. The van der Waals surface area contributed by atoms with E-state index in [1.54, 1.807) is 24.3 Å². The molecule has 0 aliphatic carbocycles. The first-order chi connectivity index (χ1) is 12.1. The fourth-order valence-electron chi connectivity index (χ4n) is 2.24. The van der Waals surface area contributed by atoms with Crippen LogP contribution in [0.4, 0.5) is 21.5 Å². The number of benzene rings is 3. The van der Waals surface area contributed by atoms with Gasteiger partial charge in [-0.3, -0.25) is 4.79 Å². The molecule has 5 heteroatoms. The lowest BCUT2D eigenvalue weighted by Crippen LogP contribution is -2.11. The van der Waals surface area contributed by atoms with Gasteiger partial charge in [-0.15, -0.1) is 0 Å². The van der Waals surface area contributed by atoms with Crippen LogP contribution >= 0.6 is 0 Å². The van der Waals surface area contributed by atoms with E-state index in [2.05, 4.69) is 16.7 Å². The summed E-state index contributed by atoms with van der Waals surface area (Å²) in [5, 5.41) is 14.8. The molecule has 0 saturated heterocycles. The lowest BCUT2D eigenvalue weighted by molar-refractivity contribution is 0.102.